The van der Waals surface area contributed by atoms with E-state index in [9.17, 15) is 9.59 Å². The van der Waals surface area contributed by atoms with Crippen LogP contribution in [0.3, 0.4) is 0 Å². The Morgan fingerprint density at radius 2 is 1.86 bits per heavy atom. The molecule has 0 aliphatic carbocycles. The molecule has 1 fully saturated rings. The lowest BCUT2D eigenvalue weighted by atomic mass is 9.96. The van der Waals surface area contributed by atoms with Crippen LogP contribution in [0.15, 0.2) is 36.4 Å². The molecule has 0 bridgehead atoms. The highest BCUT2D eigenvalue weighted by Crippen LogP contribution is 2.17. The Bertz CT molecular complexity index is 503. The maximum absolute atomic E-state index is 12.1. The highest BCUT2D eigenvalue weighted by Gasteiger charge is 2.25. The van der Waals surface area contributed by atoms with E-state index >= 15 is 0 Å². The number of nitrogens with zero attached hydrogens (tertiary/aromatic N) is 1. The number of allylic oxidation sites excluding steroid dienone is 1. The summed E-state index contributed by atoms with van der Waals surface area (Å²) in [6.45, 7) is 1.30. The van der Waals surface area contributed by atoms with Gasteiger partial charge in [-0.1, -0.05) is 42.5 Å². The summed E-state index contributed by atoms with van der Waals surface area (Å²) in [5.74, 6) is -0.143. The van der Waals surface area contributed by atoms with Gasteiger partial charge < -0.3 is 10.6 Å². The van der Waals surface area contributed by atoms with Gasteiger partial charge in [0, 0.05) is 25.4 Å². The van der Waals surface area contributed by atoms with Crippen LogP contribution >= 0.6 is 0 Å². The molecule has 21 heavy (non-hydrogen) atoms. The lowest BCUT2D eigenvalue weighted by molar-refractivity contribution is -0.134. The molecule has 1 aliphatic rings. The Morgan fingerprint density at radius 3 is 2.48 bits per heavy atom. The number of primary amides is 1. The van der Waals surface area contributed by atoms with Crippen LogP contribution in [0.25, 0.3) is 6.08 Å². The van der Waals surface area contributed by atoms with Crippen LogP contribution in [0.1, 0.15) is 31.2 Å². The minimum Gasteiger partial charge on any atom is -0.369 e. The maximum atomic E-state index is 12.1. The molecular weight excluding hydrogens is 264 g/mol. The summed E-state index contributed by atoms with van der Waals surface area (Å²) in [6.07, 6.45) is 6.71. The summed E-state index contributed by atoms with van der Waals surface area (Å²) >= 11 is 0. The summed E-state index contributed by atoms with van der Waals surface area (Å²) < 4.78 is 0. The van der Waals surface area contributed by atoms with Gasteiger partial charge in [-0.25, -0.2) is 0 Å². The molecule has 1 heterocycles. The van der Waals surface area contributed by atoms with Gasteiger partial charge in [-0.15, -0.1) is 0 Å². The number of hydrogen-bond acceptors (Lipinski definition) is 2. The van der Waals surface area contributed by atoms with Crippen molar-refractivity contribution in [1.29, 1.82) is 0 Å². The number of likely N-dealkylation sites (tertiary alicyclic amines) is 1. The molecule has 0 saturated carbocycles. The van der Waals surface area contributed by atoms with E-state index in [0.29, 0.717) is 32.4 Å². The predicted octanol–water partition coefficient (Wildman–Crippen LogP) is 2.20. The lowest BCUT2D eigenvalue weighted by Gasteiger charge is -2.30. The van der Waals surface area contributed by atoms with E-state index in [1.807, 2.05) is 47.4 Å². The van der Waals surface area contributed by atoms with Gasteiger partial charge in [-0.2, -0.15) is 0 Å². The van der Waals surface area contributed by atoms with Gasteiger partial charge in [-0.3, -0.25) is 9.59 Å². The molecule has 112 valence electrons. The Morgan fingerprint density at radius 1 is 1.19 bits per heavy atom. The Hall–Kier alpha value is -2.10. The number of carbonyl (C=O) groups is 2. The number of hydrogen-bond donors (Lipinski definition) is 1. The highest BCUT2D eigenvalue weighted by molar-refractivity contribution is 5.79. The Labute approximate surface area is 125 Å². The zero-order valence-electron chi connectivity index (χ0n) is 12.2. The number of nitrogens with two attached hydrogens (primary N) is 1. The monoisotopic (exact) mass is 286 g/mol. The summed E-state index contributed by atoms with van der Waals surface area (Å²) in [7, 11) is 0. The molecule has 1 aliphatic heterocycles. The van der Waals surface area contributed by atoms with E-state index in [0.717, 1.165) is 12.0 Å². The number of benzene rings is 1. The fourth-order valence-electron chi connectivity index (χ4n) is 2.56. The third kappa shape index (κ3) is 4.74. The Kier molecular flexibility index (Phi) is 5.55. The molecule has 2 rings (SSSR count). The highest BCUT2D eigenvalue weighted by atomic mass is 16.2. The van der Waals surface area contributed by atoms with Crippen LogP contribution in [0.5, 0.6) is 0 Å². The van der Waals surface area contributed by atoms with E-state index in [4.69, 9.17) is 5.73 Å². The standard InChI is InChI=1S/C17H22N2O2/c18-17(21)15-10-12-19(13-11-15)16(20)9-5-4-8-14-6-2-1-3-7-14/h1-4,6-8,15H,5,9-13H2,(H2,18,21)/b8-4+. The molecule has 0 atom stereocenters. The van der Waals surface area contributed by atoms with Gasteiger partial charge >= 0.3 is 0 Å². The van der Waals surface area contributed by atoms with E-state index in [1.54, 1.807) is 0 Å². The second-order valence-corrected chi connectivity index (χ2v) is 5.41. The van der Waals surface area contributed by atoms with E-state index in [1.165, 1.54) is 0 Å². The molecule has 4 heteroatoms. The summed E-state index contributed by atoms with van der Waals surface area (Å²) in [6, 6.07) is 10.0. The number of rotatable bonds is 5. The van der Waals surface area contributed by atoms with Crippen LogP contribution in [-0.4, -0.2) is 29.8 Å². The van der Waals surface area contributed by atoms with Gasteiger partial charge in [0.15, 0.2) is 0 Å². The first-order valence-corrected chi connectivity index (χ1v) is 7.45. The normalized spacial score (nSPS) is 16.3. The smallest absolute Gasteiger partial charge is 0.222 e. The van der Waals surface area contributed by atoms with Crippen molar-refractivity contribution in [2.75, 3.05) is 13.1 Å². The average molecular weight is 286 g/mol. The third-order valence-electron chi connectivity index (χ3n) is 3.88. The average Bonchev–Trinajstić information content (AvgIpc) is 2.52. The van der Waals surface area contributed by atoms with E-state index in [-0.39, 0.29) is 17.7 Å². The fourth-order valence-corrected chi connectivity index (χ4v) is 2.56. The molecular formula is C17H22N2O2. The molecule has 4 nitrogen and oxygen atoms in total. The number of piperidine rings is 1. The van der Waals surface area contributed by atoms with Crippen LogP contribution in [0.2, 0.25) is 0 Å². The van der Waals surface area contributed by atoms with Crippen LogP contribution in [-0.2, 0) is 9.59 Å². The van der Waals surface area contributed by atoms with E-state index in [2.05, 4.69) is 0 Å². The molecule has 1 aromatic carbocycles. The molecule has 2 amide bonds. The van der Waals surface area contributed by atoms with Gasteiger partial charge in [0.2, 0.25) is 11.8 Å². The van der Waals surface area contributed by atoms with Gasteiger partial charge in [0.1, 0.15) is 0 Å². The molecule has 1 aromatic rings. The summed E-state index contributed by atoms with van der Waals surface area (Å²) in [5, 5.41) is 0. The minimum absolute atomic E-state index is 0.0629. The topological polar surface area (TPSA) is 63.4 Å². The van der Waals surface area contributed by atoms with Crippen molar-refractivity contribution in [1.82, 2.24) is 4.90 Å². The maximum Gasteiger partial charge on any atom is 0.222 e. The first kappa shape index (κ1) is 15.3. The minimum atomic E-state index is -0.243. The van der Waals surface area contributed by atoms with Crippen LogP contribution in [0.4, 0.5) is 0 Å². The second-order valence-electron chi connectivity index (χ2n) is 5.41. The van der Waals surface area contributed by atoms with Gasteiger partial charge in [0.25, 0.3) is 0 Å². The van der Waals surface area contributed by atoms with Gasteiger partial charge in [-0.05, 0) is 24.8 Å². The number of amides is 2. The summed E-state index contributed by atoms with van der Waals surface area (Å²) in [5.41, 5.74) is 6.44. The first-order chi connectivity index (χ1) is 10.2. The molecule has 1 saturated heterocycles. The number of carbonyl (C=O) groups excluding carboxylic acids is 2. The molecule has 0 unspecified atom stereocenters. The van der Waals surface area contributed by atoms with Crippen molar-refractivity contribution < 1.29 is 9.59 Å². The van der Waals surface area contributed by atoms with Crippen molar-refractivity contribution in [3.05, 3.63) is 42.0 Å². The van der Waals surface area contributed by atoms with Gasteiger partial charge in [0.05, 0.1) is 0 Å². The lowest BCUT2D eigenvalue weighted by Crippen LogP contribution is -2.41. The molecule has 0 spiro atoms. The van der Waals surface area contributed by atoms with Crippen LogP contribution in [0, 0.1) is 5.92 Å². The zero-order chi connectivity index (χ0) is 15.1. The van der Waals surface area contributed by atoms with Crippen LogP contribution < -0.4 is 5.73 Å². The predicted molar refractivity (Wildman–Crippen MR) is 83.2 cm³/mol. The van der Waals surface area contributed by atoms with Crippen molar-refractivity contribution in [3.63, 3.8) is 0 Å². The van der Waals surface area contributed by atoms with Crippen molar-refractivity contribution in [2.24, 2.45) is 11.7 Å². The molecule has 2 N–H and O–H groups in total. The fraction of sp³-hybridized carbons (Fsp3) is 0.412. The molecule has 0 aromatic heterocycles. The largest absolute Gasteiger partial charge is 0.369 e. The summed E-state index contributed by atoms with van der Waals surface area (Å²) in [4.78, 5) is 25.0. The van der Waals surface area contributed by atoms with Crippen molar-refractivity contribution in [3.8, 4) is 0 Å². The first-order valence-electron chi connectivity index (χ1n) is 7.45. The third-order valence-corrected chi connectivity index (χ3v) is 3.88. The quantitative estimate of drug-likeness (QED) is 0.902. The Balaban J connectivity index is 1.71. The zero-order valence-corrected chi connectivity index (χ0v) is 12.2. The second kappa shape index (κ2) is 7.62. The van der Waals surface area contributed by atoms with E-state index < -0.39 is 0 Å². The van der Waals surface area contributed by atoms with Crippen molar-refractivity contribution in [2.45, 2.75) is 25.7 Å². The van der Waals surface area contributed by atoms with Crippen molar-refractivity contribution >= 4 is 17.9 Å². The molecule has 0 radical (unpaired) electrons. The SMILES string of the molecule is NC(=O)C1CCN(C(=O)CC/C=C/c2ccccc2)CC1.